The fourth-order valence-electron chi connectivity index (χ4n) is 6.77. The van der Waals surface area contributed by atoms with Crippen molar-refractivity contribution < 1.29 is 24.9 Å². The number of hydrogen-bond donors (Lipinski definition) is 3. The van der Waals surface area contributed by atoms with Crippen LogP contribution in [0, 0.1) is 34.5 Å². The second-order valence-corrected chi connectivity index (χ2v) is 8.86. The molecule has 4 aliphatic carbocycles. The number of aliphatic hydroxyl groups excluding tert-OH is 2. The first-order chi connectivity index (χ1) is 11.7. The number of carbonyl (C=O) groups is 2. The van der Waals surface area contributed by atoms with E-state index in [9.17, 15) is 24.9 Å². The molecule has 0 saturated heterocycles. The van der Waals surface area contributed by atoms with Crippen LogP contribution in [0.1, 0.15) is 52.4 Å². The molecule has 4 rings (SSSR count). The molecule has 25 heavy (non-hydrogen) atoms. The summed E-state index contributed by atoms with van der Waals surface area (Å²) in [6, 6.07) is 0. The van der Waals surface area contributed by atoms with Crippen LogP contribution in [0.5, 0.6) is 0 Å². The fraction of sp³-hybridized carbons (Fsp3) is 0.700. The number of hydrogen-bond acceptors (Lipinski definition) is 4. The molecule has 3 fully saturated rings. The molecule has 0 unspecified atom stereocenters. The predicted molar refractivity (Wildman–Crippen MR) is 90.9 cm³/mol. The number of carbonyl (C=O) groups excluding carboxylic acids is 1. The average molecular weight is 346 g/mol. The fourth-order valence-corrected chi connectivity index (χ4v) is 6.77. The molecule has 0 radical (unpaired) electrons. The molecule has 6 atom stereocenters. The van der Waals surface area contributed by atoms with Gasteiger partial charge in [-0.3, -0.25) is 9.59 Å². The highest BCUT2D eigenvalue weighted by Crippen LogP contribution is 2.67. The molecule has 3 N–H and O–H groups in total. The smallest absolute Gasteiger partial charge is 0.307 e. The third-order valence-electron chi connectivity index (χ3n) is 8.15. The second-order valence-electron chi connectivity index (χ2n) is 8.86. The Hall–Kier alpha value is -1.78. The van der Waals surface area contributed by atoms with Gasteiger partial charge in [0.1, 0.15) is 5.76 Å². The number of carboxylic acid groups (broad SMARTS) is 1. The van der Waals surface area contributed by atoms with Gasteiger partial charge in [-0.15, -0.1) is 0 Å². The van der Waals surface area contributed by atoms with Crippen LogP contribution in [-0.4, -0.2) is 27.1 Å². The first-order valence-corrected chi connectivity index (χ1v) is 9.32. The summed E-state index contributed by atoms with van der Waals surface area (Å²) in [7, 11) is 0. The van der Waals surface area contributed by atoms with E-state index in [1.54, 1.807) is 0 Å². The summed E-state index contributed by atoms with van der Waals surface area (Å²) < 4.78 is 0. The van der Waals surface area contributed by atoms with Crippen molar-refractivity contribution in [2.45, 2.75) is 52.4 Å². The molecule has 0 aliphatic heterocycles. The van der Waals surface area contributed by atoms with Crippen molar-refractivity contribution in [3.8, 4) is 0 Å². The number of rotatable bonds is 1. The van der Waals surface area contributed by atoms with E-state index in [-0.39, 0.29) is 23.0 Å². The van der Waals surface area contributed by atoms with Crippen LogP contribution in [0.3, 0.4) is 0 Å². The Balaban J connectivity index is 1.74. The molecule has 5 nitrogen and oxygen atoms in total. The molecule has 0 bridgehead atoms. The number of aliphatic hydroxyl groups is 2. The maximum Gasteiger partial charge on any atom is 0.307 e. The lowest BCUT2D eigenvalue weighted by Crippen LogP contribution is -2.52. The molecular weight excluding hydrogens is 320 g/mol. The summed E-state index contributed by atoms with van der Waals surface area (Å²) in [4.78, 5) is 23.6. The van der Waals surface area contributed by atoms with Gasteiger partial charge in [0.25, 0.3) is 0 Å². The van der Waals surface area contributed by atoms with Crippen LogP contribution in [0.4, 0.5) is 0 Å². The lowest BCUT2D eigenvalue weighted by Gasteiger charge is -2.57. The van der Waals surface area contributed by atoms with E-state index >= 15 is 0 Å². The van der Waals surface area contributed by atoms with E-state index in [4.69, 9.17) is 0 Å². The quantitative estimate of drug-likeness (QED) is 0.672. The van der Waals surface area contributed by atoms with Crippen LogP contribution in [0.15, 0.2) is 23.2 Å². The van der Waals surface area contributed by atoms with Gasteiger partial charge in [-0.25, -0.2) is 0 Å². The highest BCUT2D eigenvalue weighted by Gasteiger charge is 2.62. The van der Waals surface area contributed by atoms with Crippen molar-refractivity contribution in [2.75, 3.05) is 0 Å². The maximum atomic E-state index is 11.9. The van der Waals surface area contributed by atoms with Gasteiger partial charge in [-0.2, -0.15) is 0 Å². The van der Waals surface area contributed by atoms with E-state index in [1.165, 1.54) is 6.08 Å². The number of fused-ring (bicyclic) bond motifs is 5. The minimum Gasteiger partial charge on any atom is -0.507 e. The molecule has 0 aromatic heterocycles. The minimum absolute atomic E-state index is 0.147. The van der Waals surface area contributed by atoms with Crippen LogP contribution in [-0.2, 0) is 9.59 Å². The molecule has 0 heterocycles. The Morgan fingerprint density at radius 1 is 1.12 bits per heavy atom. The lowest BCUT2D eigenvalue weighted by atomic mass is 9.47. The summed E-state index contributed by atoms with van der Waals surface area (Å²) in [5.74, 6) is -1.37. The standard InChI is InChI=1S/C20H26O5/c1-19-8-7-13-11(12(19)5-6-14(19)18(24)25)4-3-10-9-15(21)16(22)17(23)20(10,13)2/h9,11-14,22-23H,3-8H2,1-2H3,(H,24,25)/t11-,12-,13-,14-,19-,20-/m0/s1. The van der Waals surface area contributed by atoms with Gasteiger partial charge in [0, 0.05) is 0 Å². The summed E-state index contributed by atoms with van der Waals surface area (Å²) in [6.07, 6.45) is 6.45. The summed E-state index contributed by atoms with van der Waals surface area (Å²) in [5, 5.41) is 30.3. The monoisotopic (exact) mass is 346 g/mol. The number of aliphatic carboxylic acids is 1. The molecule has 0 aromatic rings. The first kappa shape index (κ1) is 16.7. The van der Waals surface area contributed by atoms with Crippen LogP contribution in [0.2, 0.25) is 0 Å². The van der Waals surface area contributed by atoms with Crippen molar-refractivity contribution in [3.05, 3.63) is 23.2 Å². The predicted octanol–water partition coefficient (Wildman–Crippen LogP) is 3.77. The summed E-state index contributed by atoms with van der Waals surface area (Å²) in [5.41, 5.74) is 0.0467. The van der Waals surface area contributed by atoms with Gasteiger partial charge in [0.15, 0.2) is 0 Å². The highest BCUT2D eigenvalue weighted by molar-refractivity contribution is 6.04. The van der Waals surface area contributed by atoms with Crippen molar-refractivity contribution in [1.29, 1.82) is 0 Å². The van der Waals surface area contributed by atoms with Crippen molar-refractivity contribution in [1.82, 2.24) is 0 Å². The van der Waals surface area contributed by atoms with Gasteiger partial charge in [0.2, 0.25) is 11.5 Å². The van der Waals surface area contributed by atoms with Crippen LogP contribution in [0.25, 0.3) is 0 Å². The zero-order chi connectivity index (χ0) is 18.1. The average Bonchev–Trinajstić information content (AvgIpc) is 2.92. The van der Waals surface area contributed by atoms with E-state index in [1.807, 2.05) is 6.92 Å². The molecule has 136 valence electrons. The maximum absolute atomic E-state index is 11.9. The normalized spacial score (nSPS) is 46.2. The van der Waals surface area contributed by atoms with Crippen molar-refractivity contribution in [3.63, 3.8) is 0 Å². The van der Waals surface area contributed by atoms with Crippen LogP contribution >= 0.6 is 0 Å². The molecular formula is C20H26O5. The third kappa shape index (κ3) is 1.95. The largest absolute Gasteiger partial charge is 0.507 e. The Morgan fingerprint density at radius 2 is 1.84 bits per heavy atom. The second kappa shape index (κ2) is 5.12. The van der Waals surface area contributed by atoms with Gasteiger partial charge < -0.3 is 15.3 Å². The Kier molecular flexibility index (Phi) is 3.41. The Labute approximate surface area is 147 Å². The summed E-state index contributed by atoms with van der Waals surface area (Å²) in [6.45, 7) is 4.07. The minimum atomic E-state index is -0.691. The van der Waals surface area contributed by atoms with E-state index in [0.29, 0.717) is 11.8 Å². The van der Waals surface area contributed by atoms with Crippen molar-refractivity contribution in [2.24, 2.45) is 34.5 Å². The molecule has 0 spiro atoms. The number of ketones is 1. The molecule has 5 heteroatoms. The van der Waals surface area contributed by atoms with Crippen molar-refractivity contribution >= 4 is 11.8 Å². The first-order valence-electron chi connectivity index (χ1n) is 9.32. The number of allylic oxidation sites excluding steroid dienone is 2. The zero-order valence-electron chi connectivity index (χ0n) is 14.8. The zero-order valence-corrected chi connectivity index (χ0v) is 14.8. The van der Waals surface area contributed by atoms with Gasteiger partial charge in [0.05, 0.1) is 11.3 Å². The highest BCUT2D eigenvalue weighted by atomic mass is 16.4. The molecule has 0 aromatic carbocycles. The number of carboxylic acids is 1. The summed E-state index contributed by atoms with van der Waals surface area (Å²) >= 11 is 0. The van der Waals surface area contributed by atoms with Gasteiger partial charge in [-0.1, -0.05) is 12.5 Å². The topological polar surface area (TPSA) is 94.8 Å². The lowest BCUT2D eigenvalue weighted by molar-refractivity contribution is -0.149. The van der Waals surface area contributed by atoms with Gasteiger partial charge >= 0.3 is 5.97 Å². The van der Waals surface area contributed by atoms with Gasteiger partial charge in [-0.05, 0) is 74.7 Å². The Bertz CT molecular complexity index is 720. The van der Waals surface area contributed by atoms with E-state index in [0.717, 1.165) is 44.1 Å². The molecule has 4 aliphatic rings. The SMILES string of the molecule is C[C@@]12C(=CC(=O)C(O)=C1O)CC[C@@H]1[C@@H]2CC[C@]2(C)[C@H](C(=O)O)CC[C@@H]12. The third-order valence-corrected chi connectivity index (χ3v) is 8.15. The molecule has 0 amide bonds. The van der Waals surface area contributed by atoms with E-state index < -0.39 is 22.9 Å². The molecule has 3 saturated carbocycles. The Morgan fingerprint density at radius 3 is 2.52 bits per heavy atom. The van der Waals surface area contributed by atoms with E-state index in [2.05, 4.69) is 6.92 Å². The van der Waals surface area contributed by atoms with Crippen LogP contribution < -0.4 is 0 Å².